The van der Waals surface area contributed by atoms with Crippen molar-refractivity contribution >= 4 is 168 Å². The number of hydrogen-bond donors (Lipinski definition) is 6. The number of piperazine rings is 3. The summed E-state index contributed by atoms with van der Waals surface area (Å²) < 4.78 is -3.39. The molecule has 6 aliphatic heterocycles. The van der Waals surface area contributed by atoms with E-state index in [9.17, 15) is 38.4 Å². The summed E-state index contributed by atoms with van der Waals surface area (Å²) >= 11 is 29.6. The summed E-state index contributed by atoms with van der Waals surface area (Å²) in [6.45, 7) is 17.3. The topological polar surface area (TPSA) is 266 Å². The van der Waals surface area contributed by atoms with Crippen LogP contribution < -0.4 is 16.0 Å². The number of carbonyl (C=O) groups is 9. The molecule has 1 saturated carbocycles. The van der Waals surface area contributed by atoms with Gasteiger partial charge in [-0.05, 0) is 149 Å². The molecule has 6 N–H and O–H groups in total. The quantitative estimate of drug-likeness (QED) is 0.0416. The summed E-state index contributed by atoms with van der Waals surface area (Å²) in [7, 11) is 1.60. The second kappa shape index (κ2) is 39.5. The smallest absolute Gasteiger partial charge is 0.317 e. The van der Waals surface area contributed by atoms with Gasteiger partial charge in [0.05, 0.1) is 37.4 Å². The minimum absolute atomic E-state index is 0.0131. The maximum Gasteiger partial charge on any atom is 0.317 e. The number of aromatic nitrogens is 3. The molecular weight excluding hydrogens is 1770 g/mol. The second-order valence-electron chi connectivity index (χ2n) is 34.2. The first-order valence-electron chi connectivity index (χ1n) is 43.9. The molecule has 9 heterocycles. The maximum absolute atomic E-state index is 15.0. The molecule has 18 rings (SSSR count). The number of thioether (sulfide) groups is 3. The van der Waals surface area contributed by atoms with Crippen molar-refractivity contribution in [1.82, 2.24) is 75.0 Å². The van der Waals surface area contributed by atoms with Gasteiger partial charge in [-0.15, -0.1) is 35.3 Å². The van der Waals surface area contributed by atoms with Gasteiger partial charge in [0.1, 0.15) is 14.2 Å². The summed E-state index contributed by atoms with van der Waals surface area (Å²) in [5.74, 6) is 0.0618. The molecular formula is C98H105Cl4N15O9S3. The van der Waals surface area contributed by atoms with E-state index in [-0.39, 0.29) is 72.8 Å². The van der Waals surface area contributed by atoms with Gasteiger partial charge in [-0.25, -0.2) is 14.4 Å². The fourth-order valence-electron chi connectivity index (χ4n) is 18.7. The molecule has 24 nitrogen and oxygen atoms in total. The van der Waals surface area contributed by atoms with Crippen molar-refractivity contribution < 1.29 is 43.2 Å². The van der Waals surface area contributed by atoms with E-state index < -0.39 is 32.4 Å². The van der Waals surface area contributed by atoms with E-state index in [1.165, 1.54) is 35.3 Å². The number of H-pyrrole nitrogens is 3. The predicted octanol–water partition coefficient (Wildman–Crippen LogP) is 17.5. The van der Waals surface area contributed by atoms with Gasteiger partial charge in [-0.2, -0.15) is 0 Å². The number of urea groups is 3. The number of hydrogen-bond acceptors (Lipinski definition) is 12. The number of nitrogens with one attached hydrogen (secondary N) is 6. The van der Waals surface area contributed by atoms with E-state index in [2.05, 4.69) is 30.9 Å². The molecule has 0 spiro atoms. The molecule has 7 fully saturated rings. The Kier molecular flexibility index (Phi) is 28.0. The Morgan fingerprint density at radius 1 is 0.380 bits per heavy atom. The van der Waals surface area contributed by atoms with E-state index in [0.29, 0.717) is 137 Å². The number of likely N-dealkylation sites (tertiary alicyclic amines) is 3. The number of nitrogens with zero attached hydrogens (tertiary/aromatic N) is 9. The summed E-state index contributed by atoms with van der Waals surface area (Å²) in [5, 5.41) is 13.6. The molecule has 129 heavy (non-hydrogen) atoms. The minimum Gasteiger partial charge on any atom is -0.361 e. The van der Waals surface area contributed by atoms with Crippen molar-refractivity contribution in [2.24, 2.45) is 5.92 Å². The van der Waals surface area contributed by atoms with Gasteiger partial charge in [-0.1, -0.05) is 160 Å². The number of rotatable bonds is 20. The molecule has 0 unspecified atom stereocenters. The molecule has 6 saturated heterocycles. The first-order valence-corrected chi connectivity index (χ1v) is 47.9. The molecule has 0 bridgehead atoms. The van der Waals surface area contributed by atoms with Gasteiger partial charge in [0, 0.05) is 221 Å². The summed E-state index contributed by atoms with van der Waals surface area (Å²) in [6, 6.07) is 56.7. The van der Waals surface area contributed by atoms with Crippen LogP contribution in [0, 0.1) is 26.7 Å². The van der Waals surface area contributed by atoms with Gasteiger partial charge in [-0.3, -0.25) is 28.8 Å². The molecule has 7 aliphatic rings. The van der Waals surface area contributed by atoms with Crippen molar-refractivity contribution in [1.29, 1.82) is 0 Å². The number of aromatic amines is 3. The van der Waals surface area contributed by atoms with E-state index in [0.717, 1.165) is 105 Å². The summed E-state index contributed by atoms with van der Waals surface area (Å²) in [4.78, 5) is 154. The zero-order chi connectivity index (χ0) is 90.6. The van der Waals surface area contributed by atoms with Crippen LogP contribution >= 0.6 is 81.7 Å². The third-order valence-corrected chi connectivity index (χ3v) is 30.7. The molecule has 672 valence electrons. The van der Waals surface area contributed by atoms with E-state index in [4.69, 9.17) is 46.4 Å². The number of amides is 12. The Balaban J connectivity index is 0.000000142. The fraction of sp³-hybridized carbons (Fsp3) is 0.357. The molecule has 12 amide bonds. The number of halogens is 4. The molecule has 1 aliphatic carbocycles. The predicted molar refractivity (Wildman–Crippen MR) is 512 cm³/mol. The normalized spacial score (nSPS) is 21.2. The second-order valence-corrected chi connectivity index (χ2v) is 40.1. The van der Waals surface area contributed by atoms with Crippen molar-refractivity contribution in [3.05, 3.63) is 265 Å². The SMILES string of the molecule is CCNC(=O)N1CCN(C(=O)[C@]2(Sc3ccc(C)cc3)CC(=O)N(CC3CC3)[C@H]2c2c[nH]c3cc(Cl)ccc23)CC1.CCNC(=O)N1CCN(C(=O)[C@]2(Sc3ccc(C)cc3)CC(=O)N(Cc3ccccc3)[C@H]2c2c[nH]c3cc(Cl)ccc23)CC1.CNC(=O)N1CCN(C(=O)[C@]2(Sc3ccc(C)cc3)CC(=O)N(Cc3ccc(Cl)cc3)[C@H]2c2c[nH]c3cc(Cl)ccc23)CC1. The monoisotopic (exact) mass is 1870 g/mol. The van der Waals surface area contributed by atoms with Crippen LogP contribution in [0.15, 0.2) is 215 Å². The van der Waals surface area contributed by atoms with E-state index >= 15 is 4.79 Å². The highest BCUT2D eigenvalue weighted by atomic mass is 35.5. The molecule has 11 aromatic rings. The van der Waals surface area contributed by atoms with Gasteiger partial charge >= 0.3 is 18.1 Å². The highest BCUT2D eigenvalue weighted by Crippen LogP contribution is 2.59. The Bertz CT molecular complexity index is 5980. The Morgan fingerprint density at radius 3 is 1.01 bits per heavy atom. The zero-order valence-electron chi connectivity index (χ0n) is 72.9. The van der Waals surface area contributed by atoms with Crippen LogP contribution in [0.3, 0.4) is 0 Å². The molecule has 6 atom stereocenters. The van der Waals surface area contributed by atoms with Crippen molar-refractivity contribution in [2.75, 3.05) is 105 Å². The average molecular weight is 1880 g/mol. The first kappa shape index (κ1) is 91.5. The van der Waals surface area contributed by atoms with Crippen LogP contribution in [-0.4, -0.2) is 232 Å². The van der Waals surface area contributed by atoms with Crippen LogP contribution in [-0.2, 0) is 41.9 Å². The molecule has 3 aromatic heterocycles. The summed E-state index contributed by atoms with van der Waals surface area (Å²) in [5.41, 5.74) is 10.5. The van der Waals surface area contributed by atoms with Gasteiger partial charge in [0.25, 0.3) is 0 Å². The molecule has 8 aromatic carbocycles. The lowest BCUT2D eigenvalue weighted by atomic mass is 9.90. The lowest BCUT2D eigenvalue weighted by Crippen LogP contribution is -2.58. The van der Waals surface area contributed by atoms with Crippen LogP contribution in [0.2, 0.25) is 20.1 Å². The highest BCUT2D eigenvalue weighted by molar-refractivity contribution is 8.02. The van der Waals surface area contributed by atoms with E-state index in [1.54, 1.807) is 21.7 Å². The van der Waals surface area contributed by atoms with Gasteiger partial charge in [0.15, 0.2) is 0 Å². The van der Waals surface area contributed by atoms with E-state index in [1.807, 2.05) is 265 Å². The Labute approximate surface area is 783 Å². The van der Waals surface area contributed by atoms with Crippen LogP contribution in [0.25, 0.3) is 32.7 Å². The standard InChI is InChI=1S/C34H36ClN5O3S.C33H33Cl2N5O3S.C31H36ClN5O3S/c1-3-36-33(43)39-17-15-38(16-18-39)32(42)34(44-26-12-9-23(2)10-13-26)20-30(41)40(22-24-7-5-4-6-8-24)31(34)28-21-37-29-19-25(35)11-14-27(28)29;1-21-3-10-25(11-4-21)44-33(31(42)38-13-15-39(16-14-38)32(43)36-2)18-29(41)40(20-22-5-7-23(34)8-6-22)30(33)27-19-37-28-17-24(35)9-12-26(27)28;1-3-33-30(40)36-14-12-35(13-15-36)29(39)31(41-23-9-4-20(2)5-10-23)17-27(38)37(19-21-6-7-21)28(31)25-18-34-26-16-22(32)8-11-24(25)26/h4-14,19,21,31,37H,3,15-18,20,22H2,1-2H3,(H,36,43);3-12,17,19,30,37H,13-16,18,20H2,1-2H3,(H,36,43);4-5,8-11,16,18,21,28,34H,3,6-7,12-15,17,19H2,1-2H3,(H,33,40)/t31-,34-;30-,33-;28-,31-/m000/s1. The number of aryl methyl sites for hydroxylation is 3. The minimum atomic E-state index is -1.18. The van der Waals surface area contributed by atoms with Crippen LogP contribution in [0.1, 0.15) is 109 Å². The first-order chi connectivity index (χ1) is 62.2. The number of benzene rings is 8. The van der Waals surface area contributed by atoms with Crippen molar-refractivity contribution in [3.8, 4) is 0 Å². The highest BCUT2D eigenvalue weighted by Gasteiger charge is 2.63. The third kappa shape index (κ3) is 19.5. The van der Waals surface area contributed by atoms with Crippen molar-refractivity contribution in [3.63, 3.8) is 0 Å². The Morgan fingerprint density at radius 2 is 0.682 bits per heavy atom. The average Bonchev–Trinajstić information content (AvgIpc) is 1.58. The third-order valence-electron chi connectivity index (χ3n) is 25.5. The lowest BCUT2D eigenvalue weighted by molar-refractivity contribution is -0.136. The van der Waals surface area contributed by atoms with Gasteiger partial charge in [0.2, 0.25) is 35.4 Å². The number of fused-ring (bicyclic) bond motifs is 3. The van der Waals surface area contributed by atoms with Gasteiger partial charge < -0.3 is 75.0 Å². The zero-order valence-corrected chi connectivity index (χ0v) is 78.3. The largest absolute Gasteiger partial charge is 0.361 e. The molecule has 0 radical (unpaired) electrons. The maximum atomic E-state index is 15.0. The number of carbonyl (C=O) groups excluding carboxylic acids is 9. The Hall–Kier alpha value is -10.8. The van der Waals surface area contributed by atoms with Crippen LogP contribution in [0.5, 0.6) is 0 Å². The van der Waals surface area contributed by atoms with Crippen molar-refractivity contribution in [2.45, 2.75) is 127 Å². The fourth-order valence-corrected chi connectivity index (χ4v) is 23.8. The molecule has 31 heteroatoms. The van der Waals surface area contributed by atoms with Crippen LogP contribution in [0.4, 0.5) is 14.4 Å². The lowest BCUT2D eigenvalue weighted by Gasteiger charge is -2.42. The summed E-state index contributed by atoms with van der Waals surface area (Å²) in [6.07, 6.45) is 8.19.